The molecule has 3 aromatic rings. The number of aliphatic imine (C=N–C) groups is 1. The Bertz CT molecular complexity index is 1380. The van der Waals surface area contributed by atoms with Gasteiger partial charge in [-0.15, -0.1) is 0 Å². The van der Waals surface area contributed by atoms with Gasteiger partial charge in [-0.2, -0.15) is 10.1 Å². The molecule has 0 fully saturated rings. The molecule has 188 valence electrons. The predicted octanol–water partition coefficient (Wildman–Crippen LogP) is 5.67. The van der Waals surface area contributed by atoms with Crippen molar-refractivity contribution >= 4 is 51.7 Å². The fourth-order valence-electron chi connectivity index (χ4n) is 4.11. The maximum atomic E-state index is 13.1. The lowest BCUT2D eigenvalue weighted by Crippen LogP contribution is -2.25. The number of amidine groups is 1. The topological polar surface area (TPSA) is 83.4 Å². The summed E-state index contributed by atoms with van der Waals surface area (Å²) < 4.78 is 18.4. The smallest absolute Gasteiger partial charge is 0.262 e. The van der Waals surface area contributed by atoms with E-state index in [1.807, 2.05) is 48.5 Å². The van der Waals surface area contributed by atoms with Crippen molar-refractivity contribution in [1.29, 1.82) is 0 Å². The van der Waals surface area contributed by atoms with E-state index in [0.717, 1.165) is 22.6 Å². The van der Waals surface area contributed by atoms with Crippen molar-refractivity contribution in [2.45, 2.75) is 24.1 Å². The molecule has 3 aromatic carbocycles. The number of amides is 2. The Hall–Kier alpha value is -3.69. The standard InChI is InChI=1S/C27H22ClFN4O3S/c1-36-21-12-4-17(5-13-21)23-14-22(16-2-6-18(28)7-3-16)32-33(23)27-31-26(35)24(37-27)15-25(34)30-20-10-8-19(29)9-11-20/h2-13,23-24H,14-15H2,1H3,(H,30,34)/t23-,24+/m1/s1. The minimum absolute atomic E-state index is 0.0668. The Kier molecular flexibility index (Phi) is 7.25. The van der Waals surface area contributed by atoms with Crippen molar-refractivity contribution < 1.29 is 18.7 Å². The second-order valence-electron chi connectivity index (χ2n) is 8.49. The van der Waals surface area contributed by atoms with Crippen LogP contribution in [0.5, 0.6) is 5.75 Å². The number of methoxy groups -OCH3 is 1. The van der Waals surface area contributed by atoms with Crippen molar-refractivity contribution in [2.24, 2.45) is 10.1 Å². The molecule has 7 nitrogen and oxygen atoms in total. The molecule has 0 unspecified atom stereocenters. The van der Waals surface area contributed by atoms with Crippen LogP contribution in [0.1, 0.15) is 30.0 Å². The molecule has 2 aliphatic rings. The molecule has 2 heterocycles. The summed E-state index contributed by atoms with van der Waals surface area (Å²) in [5.41, 5.74) is 3.21. The molecule has 2 aliphatic heterocycles. The molecule has 5 rings (SSSR count). The van der Waals surface area contributed by atoms with Crippen molar-refractivity contribution in [1.82, 2.24) is 5.01 Å². The highest BCUT2D eigenvalue weighted by molar-refractivity contribution is 8.15. The van der Waals surface area contributed by atoms with Crippen molar-refractivity contribution in [2.75, 3.05) is 12.4 Å². The van der Waals surface area contributed by atoms with E-state index in [-0.39, 0.29) is 18.4 Å². The van der Waals surface area contributed by atoms with Gasteiger partial charge in [-0.1, -0.05) is 47.6 Å². The quantitative estimate of drug-likeness (QED) is 0.439. The Labute approximate surface area is 222 Å². The predicted molar refractivity (Wildman–Crippen MR) is 144 cm³/mol. The number of carbonyl (C=O) groups is 2. The van der Waals surface area contributed by atoms with Gasteiger partial charge in [0, 0.05) is 23.6 Å². The van der Waals surface area contributed by atoms with Gasteiger partial charge >= 0.3 is 0 Å². The lowest BCUT2D eigenvalue weighted by molar-refractivity contribution is -0.121. The molecule has 2 amide bonds. The molecule has 0 aromatic heterocycles. The van der Waals surface area contributed by atoms with Crippen LogP contribution in [0.3, 0.4) is 0 Å². The zero-order chi connectivity index (χ0) is 25.9. The first kappa shape index (κ1) is 25.0. The highest BCUT2D eigenvalue weighted by atomic mass is 35.5. The molecule has 2 atom stereocenters. The molecule has 0 radical (unpaired) electrons. The largest absolute Gasteiger partial charge is 0.497 e. The van der Waals surface area contributed by atoms with Crippen LogP contribution < -0.4 is 10.1 Å². The number of anilines is 1. The normalized spacial score (nSPS) is 19.0. The molecule has 10 heteroatoms. The Morgan fingerprint density at radius 3 is 2.49 bits per heavy atom. The number of thioether (sulfide) groups is 1. The highest BCUT2D eigenvalue weighted by Gasteiger charge is 2.39. The Balaban J connectivity index is 1.35. The molecule has 1 N–H and O–H groups in total. The maximum Gasteiger partial charge on any atom is 0.262 e. The Morgan fingerprint density at radius 1 is 1.11 bits per heavy atom. The number of hydrogen-bond donors (Lipinski definition) is 1. The van der Waals surface area contributed by atoms with E-state index in [1.165, 1.54) is 36.0 Å². The molecule has 0 saturated carbocycles. The third-order valence-electron chi connectivity index (χ3n) is 6.01. The lowest BCUT2D eigenvalue weighted by Gasteiger charge is -2.23. The summed E-state index contributed by atoms with van der Waals surface area (Å²) in [6, 6.07) is 20.4. The third kappa shape index (κ3) is 5.68. The summed E-state index contributed by atoms with van der Waals surface area (Å²) in [5.74, 6) is -0.402. The monoisotopic (exact) mass is 536 g/mol. The molecule has 0 saturated heterocycles. The van der Waals surface area contributed by atoms with E-state index in [2.05, 4.69) is 10.3 Å². The van der Waals surface area contributed by atoms with Gasteiger partial charge in [0.25, 0.3) is 5.91 Å². The molecule has 37 heavy (non-hydrogen) atoms. The summed E-state index contributed by atoms with van der Waals surface area (Å²) in [6.07, 6.45) is 0.528. The first-order chi connectivity index (χ1) is 17.9. The van der Waals surface area contributed by atoms with Gasteiger partial charge in [-0.05, 0) is 59.7 Å². The van der Waals surface area contributed by atoms with Crippen LogP contribution in [0.4, 0.5) is 10.1 Å². The summed E-state index contributed by atoms with van der Waals surface area (Å²) in [5, 5.41) is 9.67. The molecular weight excluding hydrogens is 515 g/mol. The minimum atomic E-state index is -0.679. The van der Waals surface area contributed by atoms with Crippen LogP contribution in [0.25, 0.3) is 0 Å². The fourth-order valence-corrected chi connectivity index (χ4v) is 5.29. The number of nitrogens with one attached hydrogen (secondary N) is 1. The second kappa shape index (κ2) is 10.7. The van der Waals surface area contributed by atoms with E-state index >= 15 is 0 Å². The number of hydrazone groups is 1. The van der Waals surface area contributed by atoms with E-state index in [0.29, 0.717) is 22.3 Å². The molecule has 0 aliphatic carbocycles. The van der Waals surface area contributed by atoms with Gasteiger partial charge in [0.05, 0.1) is 18.9 Å². The zero-order valence-electron chi connectivity index (χ0n) is 19.7. The van der Waals surface area contributed by atoms with Crippen LogP contribution in [0, 0.1) is 5.82 Å². The molecule has 0 spiro atoms. The van der Waals surface area contributed by atoms with Gasteiger partial charge in [-0.3, -0.25) is 9.59 Å². The van der Waals surface area contributed by atoms with E-state index in [1.54, 1.807) is 12.1 Å². The second-order valence-corrected chi connectivity index (χ2v) is 10.1. The zero-order valence-corrected chi connectivity index (χ0v) is 21.3. The van der Waals surface area contributed by atoms with Crippen LogP contribution in [0.15, 0.2) is 82.9 Å². The average molecular weight is 537 g/mol. The van der Waals surface area contributed by atoms with Crippen LogP contribution >= 0.6 is 23.4 Å². The number of ether oxygens (including phenoxy) is 1. The number of carbonyl (C=O) groups excluding carboxylic acids is 2. The van der Waals surface area contributed by atoms with Crippen LogP contribution in [-0.2, 0) is 9.59 Å². The van der Waals surface area contributed by atoms with Gasteiger partial charge < -0.3 is 10.1 Å². The first-order valence-electron chi connectivity index (χ1n) is 11.5. The number of hydrogen-bond acceptors (Lipinski definition) is 6. The molecule has 0 bridgehead atoms. The lowest BCUT2D eigenvalue weighted by atomic mass is 9.98. The van der Waals surface area contributed by atoms with Gasteiger partial charge in [0.2, 0.25) is 5.91 Å². The van der Waals surface area contributed by atoms with Gasteiger partial charge in [-0.25, -0.2) is 9.40 Å². The maximum absolute atomic E-state index is 13.1. The summed E-state index contributed by atoms with van der Waals surface area (Å²) in [7, 11) is 1.61. The van der Waals surface area contributed by atoms with E-state index < -0.39 is 17.0 Å². The number of halogens is 2. The van der Waals surface area contributed by atoms with Gasteiger partial charge in [0.1, 0.15) is 16.8 Å². The first-order valence-corrected chi connectivity index (χ1v) is 12.8. The fraction of sp³-hybridized carbons (Fsp3) is 0.185. The number of rotatable bonds is 6. The molecular formula is C27H22ClFN4O3S. The summed E-state index contributed by atoms with van der Waals surface area (Å²) in [6.45, 7) is 0. The van der Waals surface area contributed by atoms with Gasteiger partial charge in [0.15, 0.2) is 5.17 Å². The SMILES string of the molecule is COc1ccc([C@H]2CC(c3ccc(Cl)cc3)=NN2C2=NC(=O)[C@H](CC(=O)Nc3ccc(F)cc3)S2)cc1. The van der Waals surface area contributed by atoms with Crippen LogP contribution in [0.2, 0.25) is 5.02 Å². The van der Waals surface area contributed by atoms with E-state index in [9.17, 15) is 14.0 Å². The summed E-state index contributed by atoms with van der Waals surface area (Å²) >= 11 is 7.28. The van der Waals surface area contributed by atoms with E-state index in [4.69, 9.17) is 21.4 Å². The summed E-state index contributed by atoms with van der Waals surface area (Å²) in [4.78, 5) is 29.6. The highest BCUT2D eigenvalue weighted by Crippen LogP contribution is 2.39. The van der Waals surface area contributed by atoms with Crippen molar-refractivity contribution in [3.05, 3.63) is 94.8 Å². The number of nitrogens with zero attached hydrogens (tertiary/aromatic N) is 3. The minimum Gasteiger partial charge on any atom is -0.497 e. The Morgan fingerprint density at radius 2 is 1.81 bits per heavy atom. The van der Waals surface area contributed by atoms with Crippen LogP contribution in [-0.4, -0.2) is 40.1 Å². The average Bonchev–Trinajstić information content (AvgIpc) is 3.50. The van der Waals surface area contributed by atoms with Crippen molar-refractivity contribution in [3.8, 4) is 5.75 Å². The van der Waals surface area contributed by atoms with Crippen molar-refractivity contribution in [3.63, 3.8) is 0 Å². The number of benzene rings is 3. The third-order valence-corrected chi connectivity index (χ3v) is 7.41.